The highest BCUT2D eigenvalue weighted by Gasteiger charge is 2.34. The van der Waals surface area contributed by atoms with Gasteiger partial charge < -0.3 is 4.42 Å². The van der Waals surface area contributed by atoms with E-state index in [1.54, 1.807) is 6.08 Å². The number of carbonyl (C=O) groups excluding carboxylic acids is 1. The molecule has 1 aliphatic rings. The van der Waals surface area contributed by atoms with E-state index in [4.69, 9.17) is 27.6 Å². The number of carbonyl (C=O) groups is 1. The molecule has 2 rings (SSSR count). The van der Waals surface area contributed by atoms with Crippen LogP contribution in [0.1, 0.15) is 40.5 Å². The third-order valence-electron chi connectivity index (χ3n) is 3.32. The van der Waals surface area contributed by atoms with E-state index in [1.807, 2.05) is 34.6 Å². The Morgan fingerprint density at radius 3 is 2.36 bits per heavy atom. The van der Waals surface area contributed by atoms with Crippen LogP contribution in [0.25, 0.3) is 5.70 Å². The highest BCUT2D eigenvalue weighted by Crippen LogP contribution is 2.33. The predicted molar refractivity (Wildman–Crippen MR) is 86.1 cm³/mol. The number of allylic oxidation sites excluding steroid dienone is 4. The average molecular weight is 345 g/mol. The quantitative estimate of drug-likeness (QED) is 0.772. The van der Waals surface area contributed by atoms with Gasteiger partial charge in [0, 0.05) is 5.41 Å². The Kier molecular flexibility index (Phi) is 4.42. The minimum Gasteiger partial charge on any atom is -0.391 e. The predicted octanol–water partition coefficient (Wildman–Crippen LogP) is 3.31. The smallest absolute Gasteiger partial charge is 0.391 e. The summed E-state index contributed by atoms with van der Waals surface area (Å²) >= 11 is 12.2. The molecule has 0 N–H and O–H groups in total. The lowest BCUT2D eigenvalue weighted by Crippen LogP contribution is -2.30. The maximum Gasteiger partial charge on any atom is 0.441 e. The normalized spacial score (nSPS) is 19.9. The van der Waals surface area contributed by atoms with Crippen molar-refractivity contribution in [3.05, 3.63) is 33.1 Å². The molecule has 1 aromatic rings. The molecule has 7 heteroatoms. The summed E-state index contributed by atoms with van der Waals surface area (Å²) < 4.78 is 6.22. The molecule has 0 amide bonds. The maximum absolute atomic E-state index is 12.2. The van der Waals surface area contributed by atoms with Crippen molar-refractivity contribution in [1.82, 2.24) is 9.78 Å². The first kappa shape index (κ1) is 17.0. The molecular formula is C15H18Cl2N2O3. The Balaban J connectivity index is 2.61. The topological polar surface area (TPSA) is 65.1 Å². The number of nitrogens with zero attached hydrogens (tertiary/aromatic N) is 2. The summed E-state index contributed by atoms with van der Waals surface area (Å²) in [5, 5.41) is 3.21. The van der Waals surface area contributed by atoms with Crippen LogP contribution >= 0.6 is 23.2 Å². The molecule has 0 spiro atoms. The number of alkyl halides is 1. The van der Waals surface area contributed by atoms with Crippen molar-refractivity contribution in [1.29, 1.82) is 0 Å². The number of halogens is 2. The molecular weight excluding hydrogens is 327 g/mol. The second-order valence-electron chi connectivity index (χ2n) is 6.55. The average Bonchev–Trinajstić information content (AvgIpc) is 2.78. The highest BCUT2D eigenvalue weighted by molar-refractivity contribution is 6.51. The van der Waals surface area contributed by atoms with Crippen LogP contribution in [0.15, 0.2) is 25.9 Å². The van der Waals surface area contributed by atoms with E-state index >= 15 is 0 Å². The van der Waals surface area contributed by atoms with Crippen molar-refractivity contribution in [3.8, 4) is 0 Å². The third kappa shape index (κ3) is 2.92. The van der Waals surface area contributed by atoms with Crippen LogP contribution in [0.5, 0.6) is 0 Å². The molecule has 0 radical (unpaired) electrons. The molecule has 0 bridgehead atoms. The minimum absolute atomic E-state index is 0.0142. The third-order valence-corrected chi connectivity index (χ3v) is 4.15. The van der Waals surface area contributed by atoms with E-state index < -0.39 is 22.3 Å². The lowest BCUT2D eigenvalue weighted by atomic mass is 9.94. The van der Waals surface area contributed by atoms with Crippen LogP contribution in [0.2, 0.25) is 0 Å². The van der Waals surface area contributed by atoms with E-state index in [0.29, 0.717) is 5.57 Å². The van der Waals surface area contributed by atoms with E-state index in [1.165, 1.54) is 0 Å². The summed E-state index contributed by atoms with van der Waals surface area (Å²) in [6, 6.07) is 0. The van der Waals surface area contributed by atoms with Crippen molar-refractivity contribution >= 4 is 34.7 Å². The molecule has 1 aromatic heterocycles. The fraction of sp³-hybridized carbons (Fsp3) is 0.533. The molecule has 22 heavy (non-hydrogen) atoms. The molecule has 5 nitrogen and oxygen atoms in total. The van der Waals surface area contributed by atoms with Crippen LogP contribution < -0.4 is 5.76 Å². The Morgan fingerprint density at radius 1 is 1.32 bits per heavy atom. The van der Waals surface area contributed by atoms with Crippen molar-refractivity contribution < 1.29 is 9.21 Å². The van der Waals surface area contributed by atoms with Crippen LogP contribution in [-0.4, -0.2) is 20.9 Å². The van der Waals surface area contributed by atoms with Gasteiger partial charge in [-0.3, -0.25) is 4.79 Å². The summed E-state index contributed by atoms with van der Waals surface area (Å²) in [5.41, 5.74) is 0.467. The van der Waals surface area contributed by atoms with Crippen LogP contribution in [0.4, 0.5) is 0 Å². The number of hydrogen-bond acceptors (Lipinski definition) is 4. The molecule has 1 heterocycles. The van der Waals surface area contributed by atoms with Gasteiger partial charge in [-0.05, 0) is 17.6 Å². The monoisotopic (exact) mass is 344 g/mol. The zero-order valence-electron chi connectivity index (χ0n) is 13.1. The van der Waals surface area contributed by atoms with Gasteiger partial charge in [0.25, 0.3) is 0 Å². The van der Waals surface area contributed by atoms with E-state index in [-0.39, 0.29) is 22.5 Å². The number of aromatic nitrogens is 2. The molecule has 0 fully saturated rings. The van der Waals surface area contributed by atoms with Gasteiger partial charge in [-0.25, -0.2) is 4.79 Å². The van der Waals surface area contributed by atoms with Crippen LogP contribution in [0.3, 0.4) is 0 Å². The standard InChI is InChI=1S/C15H18Cl2N2O3/c1-7(2)8-6-9(11(17)12(20)10(8)16)19-14(21)22-13(18-19)15(3,4)5/h6-7,11H,1-5H3. The van der Waals surface area contributed by atoms with Gasteiger partial charge in [0.05, 0.1) is 10.7 Å². The zero-order valence-corrected chi connectivity index (χ0v) is 14.6. The molecule has 0 saturated carbocycles. The molecule has 120 valence electrons. The molecule has 1 aliphatic carbocycles. The molecule has 1 unspecified atom stereocenters. The zero-order chi connectivity index (χ0) is 16.8. The van der Waals surface area contributed by atoms with Gasteiger partial charge in [-0.1, -0.05) is 46.2 Å². The lowest BCUT2D eigenvalue weighted by Gasteiger charge is -2.21. The van der Waals surface area contributed by atoms with Crippen molar-refractivity contribution in [3.63, 3.8) is 0 Å². The minimum atomic E-state index is -1.06. The Hall–Kier alpha value is -1.33. The Labute approximate surface area is 138 Å². The van der Waals surface area contributed by atoms with Gasteiger partial charge >= 0.3 is 5.76 Å². The Morgan fingerprint density at radius 2 is 1.91 bits per heavy atom. The lowest BCUT2D eigenvalue weighted by molar-refractivity contribution is -0.114. The van der Waals surface area contributed by atoms with Crippen molar-refractivity contribution in [2.75, 3.05) is 0 Å². The number of Topliss-reactive ketones (excluding diaryl/α,β-unsaturated/α-hetero) is 1. The second-order valence-corrected chi connectivity index (χ2v) is 7.37. The van der Waals surface area contributed by atoms with Crippen molar-refractivity contribution in [2.45, 2.75) is 45.4 Å². The van der Waals surface area contributed by atoms with Crippen LogP contribution in [0, 0.1) is 5.92 Å². The fourth-order valence-corrected chi connectivity index (χ4v) is 2.72. The Bertz CT molecular complexity index is 733. The van der Waals surface area contributed by atoms with Gasteiger partial charge in [0.15, 0.2) is 5.78 Å². The fourth-order valence-electron chi connectivity index (χ4n) is 2.02. The second kappa shape index (κ2) is 5.70. The van der Waals surface area contributed by atoms with Crippen LogP contribution in [-0.2, 0) is 10.2 Å². The van der Waals surface area contributed by atoms with Gasteiger partial charge in [0.1, 0.15) is 5.38 Å². The number of ketones is 1. The summed E-state index contributed by atoms with van der Waals surface area (Å²) in [7, 11) is 0. The summed E-state index contributed by atoms with van der Waals surface area (Å²) in [6.07, 6.45) is 1.64. The summed E-state index contributed by atoms with van der Waals surface area (Å²) in [5.74, 6) is -0.811. The molecule has 1 atom stereocenters. The first-order chi connectivity index (χ1) is 10.0. The first-order valence-electron chi connectivity index (χ1n) is 6.94. The van der Waals surface area contributed by atoms with Gasteiger partial charge in [-0.2, -0.15) is 4.68 Å². The molecule has 0 saturated heterocycles. The summed E-state index contributed by atoms with van der Waals surface area (Å²) in [6.45, 7) is 9.42. The number of rotatable bonds is 2. The van der Waals surface area contributed by atoms with E-state index in [9.17, 15) is 9.59 Å². The largest absolute Gasteiger partial charge is 0.441 e. The maximum atomic E-state index is 12.2. The van der Waals surface area contributed by atoms with E-state index in [2.05, 4.69) is 5.10 Å². The van der Waals surface area contributed by atoms with Gasteiger partial charge in [-0.15, -0.1) is 16.7 Å². The first-order valence-corrected chi connectivity index (χ1v) is 7.76. The van der Waals surface area contributed by atoms with Crippen molar-refractivity contribution in [2.24, 2.45) is 5.92 Å². The van der Waals surface area contributed by atoms with Gasteiger partial charge in [0.2, 0.25) is 5.89 Å². The van der Waals surface area contributed by atoms with E-state index in [0.717, 1.165) is 4.68 Å². The molecule has 0 aromatic carbocycles. The summed E-state index contributed by atoms with van der Waals surface area (Å²) in [4.78, 5) is 24.3. The highest BCUT2D eigenvalue weighted by atomic mass is 35.5. The molecule has 0 aliphatic heterocycles. The SMILES string of the molecule is CC(C)C1=C(Cl)C(=O)C(Cl)C(n2nc(C(C)(C)C)oc2=O)=C1. The number of hydrogen-bond donors (Lipinski definition) is 0.